The monoisotopic (exact) mass is 431 g/mol. The summed E-state index contributed by atoms with van der Waals surface area (Å²) in [5, 5.41) is 10.7. The number of amides is 1. The average Bonchev–Trinajstić information content (AvgIpc) is 3.35. The van der Waals surface area contributed by atoms with Crippen molar-refractivity contribution in [1.82, 2.24) is 24.4 Å². The van der Waals surface area contributed by atoms with Gasteiger partial charge in [-0.2, -0.15) is 0 Å². The molecule has 5 rings (SSSR count). The normalized spacial score (nSPS) is 15.2. The van der Waals surface area contributed by atoms with Gasteiger partial charge in [0, 0.05) is 36.1 Å². The molecule has 0 spiro atoms. The highest BCUT2D eigenvalue weighted by atomic mass is 16.3. The van der Waals surface area contributed by atoms with Gasteiger partial charge in [-0.15, -0.1) is 0 Å². The van der Waals surface area contributed by atoms with Crippen LogP contribution in [-0.2, 0) is 13.0 Å². The summed E-state index contributed by atoms with van der Waals surface area (Å²) in [5.74, 6) is 1.03. The van der Waals surface area contributed by atoms with Crippen LogP contribution in [0.25, 0.3) is 22.1 Å². The second kappa shape index (κ2) is 8.06. The summed E-state index contributed by atoms with van der Waals surface area (Å²) in [4.78, 5) is 27.6. The molecule has 1 amide bonds. The Labute approximate surface area is 187 Å². The van der Waals surface area contributed by atoms with Crippen molar-refractivity contribution in [2.75, 3.05) is 13.1 Å². The zero-order valence-electron chi connectivity index (χ0n) is 18.9. The van der Waals surface area contributed by atoms with Gasteiger partial charge in [0.25, 0.3) is 5.91 Å². The van der Waals surface area contributed by atoms with Gasteiger partial charge in [-0.3, -0.25) is 4.79 Å². The maximum absolute atomic E-state index is 12.9. The van der Waals surface area contributed by atoms with Gasteiger partial charge >= 0.3 is 0 Å². The molecule has 0 aliphatic carbocycles. The van der Waals surface area contributed by atoms with Gasteiger partial charge in [-0.1, -0.05) is 13.0 Å². The predicted octanol–water partition coefficient (Wildman–Crippen LogP) is 3.74. The summed E-state index contributed by atoms with van der Waals surface area (Å²) in [6.45, 7) is 8.10. The number of likely N-dealkylation sites (tertiary alicyclic amines) is 1. The van der Waals surface area contributed by atoms with Gasteiger partial charge in [-0.25, -0.2) is 9.97 Å². The highest BCUT2D eigenvalue weighted by molar-refractivity contribution is 5.98. The Balaban J connectivity index is 1.46. The largest absolute Gasteiger partial charge is 0.393 e. The first kappa shape index (κ1) is 20.7. The number of H-pyrrole nitrogens is 1. The van der Waals surface area contributed by atoms with E-state index in [2.05, 4.69) is 41.6 Å². The van der Waals surface area contributed by atoms with Crippen LogP contribution in [0.15, 0.2) is 30.3 Å². The van der Waals surface area contributed by atoms with Crippen molar-refractivity contribution < 1.29 is 9.90 Å². The number of piperidine rings is 1. The van der Waals surface area contributed by atoms with E-state index in [0.717, 1.165) is 51.1 Å². The van der Waals surface area contributed by atoms with E-state index in [1.54, 1.807) is 0 Å². The number of hydrogen-bond donors (Lipinski definition) is 2. The number of aromatic amines is 1. The van der Waals surface area contributed by atoms with E-state index in [0.29, 0.717) is 38.2 Å². The summed E-state index contributed by atoms with van der Waals surface area (Å²) in [5.41, 5.74) is 6.73. The highest BCUT2D eigenvalue weighted by Crippen LogP contribution is 2.24. The van der Waals surface area contributed by atoms with Gasteiger partial charge < -0.3 is 19.6 Å². The van der Waals surface area contributed by atoms with Crippen LogP contribution in [0.1, 0.15) is 52.9 Å². The topological polar surface area (TPSA) is 87.0 Å². The highest BCUT2D eigenvalue weighted by Gasteiger charge is 2.23. The summed E-state index contributed by atoms with van der Waals surface area (Å²) in [7, 11) is 0. The van der Waals surface area contributed by atoms with E-state index in [1.807, 2.05) is 24.0 Å². The number of aromatic nitrogens is 4. The lowest BCUT2D eigenvalue weighted by Gasteiger charge is -2.29. The Kier molecular flexibility index (Phi) is 5.21. The Hall–Kier alpha value is -3.19. The fraction of sp³-hybridized carbons (Fsp3) is 0.400. The molecule has 0 radical (unpaired) electrons. The first-order valence-electron chi connectivity index (χ1n) is 11.3. The minimum atomic E-state index is -0.293. The molecule has 0 unspecified atom stereocenters. The van der Waals surface area contributed by atoms with E-state index in [4.69, 9.17) is 9.97 Å². The van der Waals surface area contributed by atoms with Crippen molar-refractivity contribution in [1.29, 1.82) is 0 Å². The average molecular weight is 432 g/mol. The van der Waals surface area contributed by atoms with Crippen LogP contribution >= 0.6 is 0 Å². The molecule has 32 heavy (non-hydrogen) atoms. The standard InChI is InChI=1S/C25H29N5O2/c1-4-22-28-23-15(2)11-16(3)26-24(23)30(22)14-17-5-6-20-18(12-17)13-21(27-20)25(32)29-9-7-19(31)8-10-29/h5-6,11-13,19,27,31H,4,7-10,14H2,1-3H3. The smallest absolute Gasteiger partial charge is 0.270 e. The lowest BCUT2D eigenvalue weighted by Crippen LogP contribution is -2.40. The van der Waals surface area contributed by atoms with Crippen molar-refractivity contribution in [2.45, 2.75) is 52.7 Å². The van der Waals surface area contributed by atoms with Crippen molar-refractivity contribution in [2.24, 2.45) is 0 Å². The minimum Gasteiger partial charge on any atom is -0.393 e. The summed E-state index contributed by atoms with van der Waals surface area (Å²) < 4.78 is 2.20. The van der Waals surface area contributed by atoms with Gasteiger partial charge in [0.05, 0.1) is 12.6 Å². The first-order valence-corrected chi connectivity index (χ1v) is 11.3. The third kappa shape index (κ3) is 3.66. The van der Waals surface area contributed by atoms with Gasteiger partial charge in [-0.05, 0) is 62.1 Å². The van der Waals surface area contributed by atoms with Crippen LogP contribution in [0.5, 0.6) is 0 Å². The number of nitrogens with one attached hydrogen (secondary N) is 1. The minimum absolute atomic E-state index is 0.00123. The lowest BCUT2D eigenvalue weighted by atomic mass is 10.1. The number of nitrogens with zero attached hydrogens (tertiary/aromatic N) is 4. The Morgan fingerprint density at radius 2 is 1.94 bits per heavy atom. The van der Waals surface area contributed by atoms with Crippen LogP contribution in [0.3, 0.4) is 0 Å². The molecule has 0 atom stereocenters. The van der Waals surface area contributed by atoms with Crippen molar-refractivity contribution in [3.05, 3.63) is 58.7 Å². The molecular formula is C25H29N5O2. The maximum atomic E-state index is 12.9. The van der Waals surface area contributed by atoms with Gasteiger partial charge in [0.2, 0.25) is 0 Å². The van der Waals surface area contributed by atoms with Crippen molar-refractivity contribution >= 4 is 28.0 Å². The third-order valence-electron chi connectivity index (χ3n) is 6.43. The number of benzene rings is 1. The fourth-order valence-corrected chi connectivity index (χ4v) is 4.70. The second-order valence-corrected chi connectivity index (χ2v) is 8.85. The fourth-order valence-electron chi connectivity index (χ4n) is 4.70. The van der Waals surface area contributed by atoms with E-state index in [9.17, 15) is 9.90 Å². The number of aliphatic hydroxyl groups excluding tert-OH is 1. The van der Waals surface area contributed by atoms with Gasteiger partial charge in [0.15, 0.2) is 5.65 Å². The summed E-state index contributed by atoms with van der Waals surface area (Å²) in [6.07, 6.45) is 1.83. The lowest BCUT2D eigenvalue weighted by molar-refractivity contribution is 0.0542. The van der Waals surface area contributed by atoms with Crippen LogP contribution in [-0.4, -0.2) is 54.6 Å². The Morgan fingerprint density at radius 3 is 2.69 bits per heavy atom. The third-order valence-corrected chi connectivity index (χ3v) is 6.43. The number of carbonyl (C=O) groups excluding carboxylic acids is 1. The maximum Gasteiger partial charge on any atom is 0.270 e. The number of pyridine rings is 1. The predicted molar refractivity (Wildman–Crippen MR) is 125 cm³/mol. The van der Waals surface area contributed by atoms with Crippen LogP contribution < -0.4 is 0 Å². The molecule has 0 bridgehead atoms. The van der Waals surface area contributed by atoms with Crippen LogP contribution in [0.2, 0.25) is 0 Å². The molecule has 166 valence electrons. The number of fused-ring (bicyclic) bond motifs is 2. The molecular weight excluding hydrogens is 402 g/mol. The number of rotatable bonds is 4. The molecule has 7 nitrogen and oxygen atoms in total. The second-order valence-electron chi connectivity index (χ2n) is 8.85. The number of carbonyl (C=O) groups is 1. The molecule has 2 N–H and O–H groups in total. The number of imidazole rings is 1. The molecule has 1 saturated heterocycles. The SMILES string of the molecule is CCc1nc2c(C)cc(C)nc2n1Cc1ccc2[nH]c(C(=O)N3CCC(O)CC3)cc2c1. The van der Waals surface area contributed by atoms with Crippen molar-refractivity contribution in [3.8, 4) is 0 Å². The van der Waals surface area contributed by atoms with Crippen molar-refractivity contribution in [3.63, 3.8) is 0 Å². The quantitative estimate of drug-likeness (QED) is 0.515. The number of aliphatic hydroxyl groups is 1. The molecule has 3 aromatic heterocycles. The Bertz CT molecular complexity index is 1310. The summed E-state index contributed by atoms with van der Waals surface area (Å²) >= 11 is 0. The first-order chi connectivity index (χ1) is 15.4. The molecule has 7 heteroatoms. The van der Waals surface area contributed by atoms with E-state index in [-0.39, 0.29) is 12.0 Å². The van der Waals surface area contributed by atoms with Crippen LogP contribution in [0.4, 0.5) is 0 Å². The zero-order valence-corrected chi connectivity index (χ0v) is 18.9. The summed E-state index contributed by atoms with van der Waals surface area (Å²) in [6, 6.07) is 10.3. The van der Waals surface area contributed by atoms with E-state index < -0.39 is 0 Å². The molecule has 0 saturated carbocycles. The van der Waals surface area contributed by atoms with Crippen LogP contribution in [0, 0.1) is 13.8 Å². The molecule has 1 aliphatic heterocycles. The molecule has 1 fully saturated rings. The molecule has 1 aromatic carbocycles. The molecule has 4 heterocycles. The van der Waals surface area contributed by atoms with E-state index >= 15 is 0 Å². The zero-order chi connectivity index (χ0) is 22.4. The van der Waals surface area contributed by atoms with Gasteiger partial charge in [0.1, 0.15) is 17.0 Å². The number of hydrogen-bond acceptors (Lipinski definition) is 4. The Morgan fingerprint density at radius 1 is 1.16 bits per heavy atom. The van der Waals surface area contributed by atoms with E-state index in [1.165, 1.54) is 0 Å². The molecule has 4 aromatic rings. The molecule has 1 aliphatic rings. The number of aryl methyl sites for hydroxylation is 3.